The zero-order chi connectivity index (χ0) is 19.9. The number of thiazole rings is 1. The fourth-order valence-corrected chi connectivity index (χ4v) is 3.27. The van der Waals surface area contributed by atoms with Gasteiger partial charge in [0.05, 0.1) is 24.3 Å². The number of anilines is 1. The number of aryl methyl sites for hydroxylation is 1. The van der Waals surface area contributed by atoms with Gasteiger partial charge in [-0.05, 0) is 31.2 Å². The van der Waals surface area contributed by atoms with E-state index in [-0.39, 0.29) is 30.5 Å². The van der Waals surface area contributed by atoms with Crippen molar-refractivity contribution in [3.63, 3.8) is 0 Å². The fraction of sp³-hybridized carbons (Fsp3) is 0.250. The van der Waals surface area contributed by atoms with Gasteiger partial charge in [-0.2, -0.15) is 0 Å². The van der Waals surface area contributed by atoms with Crippen molar-refractivity contribution >= 4 is 28.3 Å². The molecule has 0 aliphatic carbocycles. The number of rotatable bonds is 8. The van der Waals surface area contributed by atoms with Gasteiger partial charge in [-0.15, -0.1) is 11.3 Å². The number of hydrogen-bond donors (Lipinski definition) is 1. The molecule has 28 heavy (non-hydrogen) atoms. The number of nitrogens with one attached hydrogen (secondary N) is 1. The molecule has 1 aromatic carbocycles. The van der Waals surface area contributed by atoms with Crippen LogP contribution >= 0.6 is 11.3 Å². The Morgan fingerprint density at radius 2 is 2.07 bits per heavy atom. The van der Waals surface area contributed by atoms with E-state index in [9.17, 15) is 14.0 Å². The summed E-state index contributed by atoms with van der Waals surface area (Å²) in [4.78, 5) is 27.8. The maximum absolute atomic E-state index is 13.8. The van der Waals surface area contributed by atoms with Crippen molar-refractivity contribution in [3.05, 3.63) is 59.0 Å². The molecule has 0 aliphatic rings. The normalized spacial score (nSPS) is 10.6. The van der Waals surface area contributed by atoms with E-state index in [1.54, 1.807) is 42.6 Å². The Labute approximate surface area is 165 Å². The molecule has 3 aromatic rings. The smallest absolute Gasteiger partial charge is 0.311 e. The molecular weight excluding hydrogens is 383 g/mol. The number of hydrogen-bond acceptors (Lipinski definition) is 6. The summed E-state index contributed by atoms with van der Waals surface area (Å²) in [7, 11) is 0. The minimum Gasteiger partial charge on any atom is -0.466 e. The summed E-state index contributed by atoms with van der Waals surface area (Å²) in [5.41, 5.74) is 0.939. The predicted molar refractivity (Wildman–Crippen MR) is 104 cm³/mol. The second-order valence-corrected chi connectivity index (χ2v) is 6.78. The highest BCUT2D eigenvalue weighted by Crippen LogP contribution is 2.25. The number of amides is 1. The van der Waals surface area contributed by atoms with Crippen LogP contribution < -0.4 is 5.32 Å². The average Bonchev–Trinajstić information content (AvgIpc) is 3.30. The number of nitrogens with zero attached hydrogens (tertiary/aromatic N) is 1. The molecule has 0 aliphatic heterocycles. The lowest BCUT2D eigenvalue weighted by Gasteiger charge is -2.01. The summed E-state index contributed by atoms with van der Waals surface area (Å²) >= 11 is 1.25. The third-order valence-corrected chi connectivity index (χ3v) is 4.63. The molecule has 0 saturated heterocycles. The SMILES string of the molecule is CCOC(=O)Cc1csc(NC(=O)CCc2ccc(-c3ccccc3F)o2)n1. The monoisotopic (exact) mass is 402 g/mol. The highest BCUT2D eigenvalue weighted by atomic mass is 32.1. The Kier molecular flexibility index (Phi) is 6.54. The maximum atomic E-state index is 13.8. The van der Waals surface area contributed by atoms with Crippen LogP contribution in [0.3, 0.4) is 0 Å². The van der Waals surface area contributed by atoms with Gasteiger partial charge in [0, 0.05) is 18.2 Å². The number of benzene rings is 1. The Bertz CT molecular complexity index is 967. The molecule has 0 unspecified atom stereocenters. The number of carbonyl (C=O) groups is 2. The topological polar surface area (TPSA) is 81.4 Å². The van der Waals surface area contributed by atoms with Crippen LogP contribution in [-0.2, 0) is 27.2 Å². The van der Waals surface area contributed by atoms with Gasteiger partial charge in [-0.25, -0.2) is 9.37 Å². The number of aromatic nitrogens is 1. The van der Waals surface area contributed by atoms with Crippen molar-refractivity contribution in [1.29, 1.82) is 0 Å². The number of carbonyl (C=O) groups excluding carboxylic acids is 2. The predicted octanol–water partition coefficient (Wildman–Crippen LogP) is 4.22. The van der Waals surface area contributed by atoms with E-state index < -0.39 is 0 Å². The van der Waals surface area contributed by atoms with Crippen LogP contribution in [0.1, 0.15) is 24.8 Å². The fourth-order valence-electron chi connectivity index (χ4n) is 2.54. The Morgan fingerprint density at radius 1 is 1.25 bits per heavy atom. The maximum Gasteiger partial charge on any atom is 0.311 e. The molecule has 2 heterocycles. The van der Waals surface area contributed by atoms with Crippen molar-refractivity contribution in [2.45, 2.75) is 26.2 Å². The molecule has 0 fully saturated rings. The summed E-state index contributed by atoms with van der Waals surface area (Å²) in [6, 6.07) is 9.78. The lowest BCUT2D eigenvalue weighted by molar-refractivity contribution is -0.142. The van der Waals surface area contributed by atoms with Crippen molar-refractivity contribution in [1.82, 2.24) is 4.98 Å². The molecule has 0 bridgehead atoms. The average molecular weight is 402 g/mol. The lowest BCUT2D eigenvalue weighted by atomic mass is 10.1. The quantitative estimate of drug-likeness (QED) is 0.571. The van der Waals surface area contributed by atoms with E-state index in [1.807, 2.05) is 0 Å². The second kappa shape index (κ2) is 9.27. The molecule has 0 atom stereocenters. The molecule has 0 spiro atoms. The number of furan rings is 1. The van der Waals surface area contributed by atoms with Gasteiger partial charge in [-0.3, -0.25) is 9.59 Å². The molecule has 8 heteroatoms. The van der Waals surface area contributed by atoms with Gasteiger partial charge in [0.2, 0.25) is 5.91 Å². The van der Waals surface area contributed by atoms with Gasteiger partial charge < -0.3 is 14.5 Å². The van der Waals surface area contributed by atoms with Crippen molar-refractivity contribution in [2.75, 3.05) is 11.9 Å². The first-order valence-corrected chi connectivity index (χ1v) is 9.66. The van der Waals surface area contributed by atoms with Crippen molar-refractivity contribution in [2.24, 2.45) is 0 Å². The zero-order valence-electron chi connectivity index (χ0n) is 15.2. The summed E-state index contributed by atoms with van der Waals surface area (Å²) in [5.74, 6) is 0.0890. The molecule has 3 rings (SSSR count). The Balaban J connectivity index is 1.51. The first-order chi connectivity index (χ1) is 13.5. The third kappa shape index (κ3) is 5.26. The Morgan fingerprint density at radius 3 is 2.86 bits per heavy atom. The molecular formula is C20H19FN2O4S. The van der Waals surface area contributed by atoms with E-state index in [0.717, 1.165) is 0 Å². The van der Waals surface area contributed by atoms with Crippen LogP contribution in [0.5, 0.6) is 0 Å². The van der Waals surface area contributed by atoms with Crippen LogP contribution in [0.25, 0.3) is 11.3 Å². The highest BCUT2D eigenvalue weighted by molar-refractivity contribution is 7.13. The largest absolute Gasteiger partial charge is 0.466 e. The number of ether oxygens (including phenoxy) is 1. The van der Waals surface area contributed by atoms with E-state index >= 15 is 0 Å². The van der Waals surface area contributed by atoms with Crippen molar-refractivity contribution in [3.8, 4) is 11.3 Å². The standard InChI is InChI=1S/C20H19FN2O4S/c1-2-26-19(25)11-13-12-28-20(22-13)23-18(24)10-8-14-7-9-17(27-14)15-5-3-4-6-16(15)21/h3-7,9,12H,2,8,10-11H2,1H3,(H,22,23,24). The molecule has 2 aromatic heterocycles. The van der Waals surface area contributed by atoms with Gasteiger partial charge in [0.1, 0.15) is 17.3 Å². The summed E-state index contributed by atoms with van der Waals surface area (Å²) < 4.78 is 24.3. The molecule has 0 saturated carbocycles. The Hall–Kier alpha value is -3.00. The molecule has 146 valence electrons. The number of halogens is 1. The van der Waals surface area contributed by atoms with Crippen molar-refractivity contribution < 1.29 is 23.1 Å². The second-order valence-electron chi connectivity index (χ2n) is 5.92. The van der Waals surface area contributed by atoms with Crippen LogP contribution in [0.15, 0.2) is 46.2 Å². The highest BCUT2D eigenvalue weighted by Gasteiger charge is 2.13. The first kappa shape index (κ1) is 19.8. The molecule has 6 nitrogen and oxygen atoms in total. The lowest BCUT2D eigenvalue weighted by Crippen LogP contribution is -2.12. The summed E-state index contributed by atoms with van der Waals surface area (Å²) in [6.07, 6.45) is 0.643. The minimum absolute atomic E-state index is 0.0748. The van der Waals surface area contributed by atoms with Crippen LogP contribution in [0.2, 0.25) is 0 Å². The number of esters is 1. The van der Waals surface area contributed by atoms with E-state index in [2.05, 4.69) is 10.3 Å². The molecule has 1 amide bonds. The van der Waals surface area contributed by atoms with Crippen LogP contribution in [0.4, 0.5) is 9.52 Å². The minimum atomic E-state index is -0.358. The molecule has 0 radical (unpaired) electrons. The van der Waals surface area contributed by atoms with Gasteiger partial charge in [-0.1, -0.05) is 12.1 Å². The molecule has 1 N–H and O–H groups in total. The first-order valence-electron chi connectivity index (χ1n) is 8.78. The van der Waals surface area contributed by atoms with Crippen LogP contribution in [-0.4, -0.2) is 23.5 Å². The van der Waals surface area contributed by atoms with Gasteiger partial charge >= 0.3 is 5.97 Å². The van der Waals surface area contributed by atoms with Gasteiger partial charge in [0.25, 0.3) is 0 Å². The third-order valence-electron chi connectivity index (χ3n) is 3.83. The summed E-state index contributed by atoms with van der Waals surface area (Å²) in [6.45, 7) is 2.06. The van der Waals surface area contributed by atoms with E-state index in [4.69, 9.17) is 9.15 Å². The van der Waals surface area contributed by atoms with Crippen LogP contribution in [0, 0.1) is 5.82 Å². The van der Waals surface area contributed by atoms with Gasteiger partial charge in [0.15, 0.2) is 5.13 Å². The zero-order valence-corrected chi connectivity index (χ0v) is 16.1. The van der Waals surface area contributed by atoms with E-state index in [1.165, 1.54) is 17.4 Å². The summed E-state index contributed by atoms with van der Waals surface area (Å²) in [5, 5.41) is 4.83. The van der Waals surface area contributed by atoms with E-state index in [0.29, 0.717) is 40.9 Å².